The van der Waals surface area contributed by atoms with Crippen LogP contribution in [-0.2, 0) is 14.3 Å². The van der Waals surface area contributed by atoms with E-state index in [4.69, 9.17) is 4.74 Å². The molecule has 2 atom stereocenters. The van der Waals surface area contributed by atoms with E-state index in [0.29, 0.717) is 30.8 Å². The lowest BCUT2D eigenvalue weighted by atomic mass is 9.98. The Morgan fingerprint density at radius 3 is 2.57 bits per heavy atom. The lowest BCUT2D eigenvalue weighted by Gasteiger charge is -2.30. The summed E-state index contributed by atoms with van der Waals surface area (Å²) in [5, 5.41) is 3.09. The van der Waals surface area contributed by atoms with E-state index < -0.39 is 0 Å². The minimum atomic E-state index is -0.308. The summed E-state index contributed by atoms with van der Waals surface area (Å²) < 4.78 is 5.33. The highest BCUT2D eigenvalue weighted by atomic mass is 32.2. The molecule has 1 N–H and O–H groups in total. The first kappa shape index (κ1) is 18.6. The Bertz CT molecular complexity index is 411. The van der Waals surface area contributed by atoms with Gasteiger partial charge in [-0.15, -0.1) is 11.8 Å². The predicted octanol–water partition coefficient (Wildman–Crippen LogP) is 2.26. The summed E-state index contributed by atoms with van der Waals surface area (Å²) in [6.07, 6.45) is 3.64. The van der Waals surface area contributed by atoms with Crippen LogP contribution in [0.4, 0.5) is 0 Å². The summed E-state index contributed by atoms with van der Waals surface area (Å²) in [5.74, 6) is 2.14. The maximum atomic E-state index is 12.7. The van der Waals surface area contributed by atoms with Crippen LogP contribution in [0.5, 0.6) is 0 Å². The first-order valence-corrected chi connectivity index (χ1v) is 9.91. The van der Waals surface area contributed by atoms with Crippen molar-refractivity contribution in [3.8, 4) is 0 Å². The molecule has 2 saturated heterocycles. The van der Waals surface area contributed by atoms with Gasteiger partial charge in [-0.1, -0.05) is 13.8 Å². The Kier molecular flexibility index (Phi) is 7.21. The minimum Gasteiger partial charge on any atom is -0.381 e. The third-order valence-electron chi connectivity index (χ3n) is 4.60. The molecule has 0 spiro atoms. The van der Waals surface area contributed by atoms with Crippen LogP contribution in [0.15, 0.2) is 0 Å². The highest BCUT2D eigenvalue weighted by Crippen LogP contribution is 2.26. The number of ether oxygens (including phenoxy) is 1. The Labute approximate surface area is 143 Å². The van der Waals surface area contributed by atoms with Gasteiger partial charge in [0.2, 0.25) is 11.8 Å². The van der Waals surface area contributed by atoms with Crippen molar-refractivity contribution in [1.29, 1.82) is 0 Å². The molecule has 0 saturated carbocycles. The van der Waals surface area contributed by atoms with E-state index in [9.17, 15) is 9.59 Å². The van der Waals surface area contributed by atoms with Gasteiger partial charge in [0.25, 0.3) is 0 Å². The first-order valence-electron chi connectivity index (χ1n) is 8.75. The summed E-state index contributed by atoms with van der Waals surface area (Å²) >= 11 is 1.67. The smallest absolute Gasteiger partial charge is 0.243 e. The quantitative estimate of drug-likeness (QED) is 0.804. The van der Waals surface area contributed by atoms with Crippen molar-refractivity contribution in [3.63, 3.8) is 0 Å². The maximum Gasteiger partial charge on any atom is 0.243 e. The second-order valence-electron chi connectivity index (χ2n) is 7.09. The molecule has 2 rings (SSSR count). The fraction of sp³-hybridized carbons (Fsp3) is 0.882. The van der Waals surface area contributed by atoms with Gasteiger partial charge >= 0.3 is 0 Å². The van der Waals surface area contributed by atoms with Crippen LogP contribution in [0.1, 0.15) is 46.5 Å². The van der Waals surface area contributed by atoms with Crippen LogP contribution >= 0.6 is 11.8 Å². The first-order chi connectivity index (χ1) is 11.0. The Balaban J connectivity index is 1.87. The molecule has 2 aliphatic rings. The van der Waals surface area contributed by atoms with Crippen molar-refractivity contribution >= 4 is 23.6 Å². The van der Waals surface area contributed by atoms with Crippen LogP contribution in [-0.4, -0.2) is 53.6 Å². The van der Waals surface area contributed by atoms with E-state index >= 15 is 0 Å². The van der Waals surface area contributed by atoms with E-state index in [1.54, 1.807) is 16.7 Å². The third-order valence-corrected chi connectivity index (χ3v) is 5.62. The van der Waals surface area contributed by atoms with Crippen LogP contribution in [0.2, 0.25) is 0 Å². The van der Waals surface area contributed by atoms with Gasteiger partial charge in [0, 0.05) is 30.9 Å². The topological polar surface area (TPSA) is 58.6 Å². The zero-order valence-electron chi connectivity index (χ0n) is 14.5. The van der Waals surface area contributed by atoms with E-state index in [1.807, 2.05) is 6.92 Å². The minimum absolute atomic E-state index is 0.00617. The van der Waals surface area contributed by atoms with Crippen LogP contribution < -0.4 is 5.32 Å². The lowest BCUT2D eigenvalue weighted by molar-refractivity contribution is -0.143. The van der Waals surface area contributed by atoms with Crippen LogP contribution in [0.3, 0.4) is 0 Å². The van der Waals surface area contributed by atoms with Gasteiger partial charge in [-0.25, -0.2) is 0 Å². The molecule has 0 radical (unpaired) electrons. The highest BCUT2D eigenvalue weighted by Gasteiger charge is 2.38. The number of thioether (sulfide) groups is 1. The molecule has 0 aromatic rings. The van der Waals surface area contributed by atoms with Gasteiger partial charge in [-0.3, -0.25) is 9.59 Å². The molecule has 2 heterocycles. The Hall–Kier alpha value is -0.750. The van der Waals surface area contributed by atoms with E-state index in [1.165, 1.54) is 0 Å². The van der Waals surface area contributed by atoms with Gasteiger partial charge in [-0.2, -0.15) is 0 Å². The van der Waals surface area contributed by atoms with Gasteiger partial charge in [0.1, 0.15) is 6.04 Å². The normalized spacial score (nSPS) is 24.0. The molecule has 0 aliphatic carbocycles. The number of nitrogens with one attached hydrogen (secondary N) is 1. The molecule has 2 amide bonds. The number of amides is 2. The number of carbonyl (C=O) groups excluding carboxylic acids is 2. The summed E-state index contributed by atoms with van der Waals surface area (Å²) in [4.78, 5) is 27.0. The van der Waals surface area contributed by atoms with E-state index in [2.05, 4.69) is 19.2 Å². The summed E-state index contributed by atoms with van der Waals surface area (Å²) in [6, 6.07) is -0.146. The van der Waals surface area contributed by atoms with E-state index in [-0.39, 0.29) is 29.8 Å². The summed E-state index contributed by atoms with van der Waals surface area (Å²) in [6.45, 7) is 7.74. The number of hydrogen-bond acceptors (Lipinski definition) is 4. The van der Waals surface area contributed by atoms with Crippen molar-refractivity contribution in [2.24, 2.45) is 11.8 Å². The molecule has 23 heavy (non-hydrogen) atoms. The Morgan fingerprint density at radius 1 is 1.22 bits per heavy atom. The number of hydrogen-bond donors (Lipinski definition) is 1. The molecule has 132 valence electrons. The predicted molar refractivity (Wildman–Crippen MR) is 93.2 cm³/mol. The molecule has 0 unspecified atom stereocenters. The standard InChI is InChI=1S/C17H30N2O3S/c1-12(2)4-5-13(3)18-16(20)15-10-23-11-19(15)17(21)14-6-8-22-9-7-14/h12-15H,4-11H2,1-3H3,(H,18,20)/t13-,15-/m1/s1. The summed E-state index contributed by atoms with van der Waals surface area (Å²) in [7, 11) is 0. The monoisotopic (exact) mass is 342 g/mol. The molecule has 0 aromatic heterocycles. The van der Waals surface area contributed by atoms with Gasteiger partial charge in [0.05, 0.1) is 5.88 Å². The maximum absolute atomic E-state index is 12.7. The number of rotatable bonds is 6. The Morgan fingerprint density at radius 2 is 1.91 bits per heavy atom. The zero-order chi connectivity index (χ0) is 16.8. The van der Waals surface area contributed by atoms with Crippen molar-refractivity contribution < 1.29 is 14.3 Å². The van der Waals surface area contributed by atoms with Crippen LogP contribution in [0, 0.1) is 11.8 Å². The fourth-order valence-electron chi connectivity index (χ4n) is 3.05. The average molecular weight is 343 g/mol. The van der Waals surface area contributed by atoms with Crippen LogP contribution in [0.25, 0.3) is 0 Å². The average Bonchev–Trinajstić information content (AvgIpc) is 3.02. The largest absolute Gasteiger partial charge is 0.381 e. The van der Waals surface area contributed by atoms with Gasteiger partial charge < -0.3 is 15.0 Å². The molecule has 6 heteroatoms. The van der Waals surface area contributed by atoms with Gasteiger partial charge in [-0.05, 0) is 38.5 Å². The SMILES string of the molecule is CC(C)CC[C@@H](C)NC(=O)[C@H]1CSCN1C(=O)C1CCOCC1. The zero-order valence-corrected chi connectivity index (χ0v) is 15.4. The van der Waals surface area contributed by atoms with Crippen molar-refractivity contribution in [2.75, 3.05) is 24.8 Å². The molecular weight excluding hydrogens is 312 g/mol. The summed E-state index contributed by atoms with van der Waals surface area (Å²) in [5.41, 5.74) is 0. The molecule has 0 aromatic carbocycles. The van der Waals surface area contributed by atoms with E-state index in [0.717, 1.165) is 25.7 Å². The molecule has 5 nitrogen and oxygen atoms in total. The van der Waals surface area contributed by atoms with Crippen molar-refractivity contribution in [2.45, 2.75) is 58.5 Å². The number of carbonyl (C=O) groups is 2. The van der Waals surface area contributed by atoms with Crippen molar-refractivity contribution in [3.05, 3.63) is 0 Å². The molecule has 2 fully saturated rings. The lowest BCUT2D eigenvalue weighted by Crippen LogP contribution is -2.51. The highest BCUT2D eigenvalue weighted by molar-refractivity contribution is 7.99. The molecule has 2 aliphatic heterocycles. The molecule has 0 bridgehead atoms. The second kappa shape index (κ2) is 8.92. The molecular formula is C17H30N2O3S. The second-order valence-corrected chi connectivity index (χ2v) is 8.09. The third kappa shape index (κ3) is 5.38. The van der Waals surface area contributed by atoms with Crippen molar-refractivity contribution in [1.82, 2.24) is 10.2 Å². The van der Waals surface area contributed by atoms with Gasteiger partial charge in [0.15, 0.2) is 0 Å². The fourth-order valence-corrected chi connectivity index (χ4v) is 4.21. The number of nitrogens with zero attached hydrogens (tertiary/aromatic N) is 1.